The topological polar surface area (TPSA) is 12.4 Å². The first-order valence-electron chi connectivity index (χ1n) is 4.24. The van der Waals surface area contributed by atoms with Gasteiger partial charge in [-0.15, -0.1) is 0 Å². The number of rotatable bonds is 1. The van der Waals surface area contributed by atoms with Crippen LogP contribution < -0.4 is 0 Å². The van der Waals surface area contributed by atoms with Crippen molar-refractivity contribution in [3.63, 3.8) is 0 Å². The van der Waals surface area contributed by atoms with Crippen molar-refractivity contribution >= 4 is 13.5 Å². The molecule has 2 radical (unpaired) electrons. The van der Waals surface area contributed by atoms with Gasteiger partial charge in [-0.05, 0) is 24.4 Å². The lowest BCUT2D eigenvalue weighted by molar-refractivity contribution is 0.526. The van der Waals surface area contributed by atoms with Gasteiger partial charge in [0.15, 0.2) is 0 Å². The average Bonchev–Trinajstić information content (AvgIpc) is 2.13. The summed E-state index contributed by atoms with van der Waals surface area (Å²) in [6.45, 7) is 4.35. The molecule has 2 atom stereocenters. The van der Waals surface area contributed by atoms with Gasteiger partial charge in [-0.25, -0.2) is 0 Å². The molecule has 0 fully saturated rings. The van der Waals surface area contributed by atoms with Crippen LogP contribution in [-0.2, 0) is 0 Å². The Morgan fingerprint density at radius 3 is 3.09 bits per heavy atom. The molecular weight excluding hydrogens is 133 g/mol. The molecule has 0 saturated carbocycles. The van der Waals surface area contributed by atoms with E-state index in [0.29, 0.717) is 17.6 Å². The van der Waals surface area contributed by atoms with Crippen LogP contribution >= 0.6 is 0 Å². The van der Waals surface area contributed by atoms with Crippen LogP contribution in [0.3, 0.4) is 0 Å². The molecule has 1 aliphatic heterocycles. The maximum absolute atomic E-state index is 5.63. The monoisotopic (exact) mass is 147 g/mol. The molecule has 1 heterocycles. The summed E-state index contributed by atoms with van der Waals surface area (Å²) in [7, 11) is 5.63. The summed E-state index contributed by atoms with van der Waals surface area (Å²) in [5, 5.41) is 0. The third-order valence-corrected chi connectivity index (χ3v) is 2.04. The van der Waals surface area contributed by atoms with Crippen molar-refractivity contribution in [3.05, 3.63) is 12.2 Å². The van der Waals surface area contributed by atoms with E-state index in [0.717, 1.165) is 12.8 Å². The lowest BCUT2D eigenvalue weighted by atomic mass is 10.00. The van der Waals surface area contributed by atoms with Gasteiger partial charge in [0, 0.05) is 6.04 Å². The Morgan fingerprint density at radius 2 is 2.45 bits per heavy atom. The Kier molecular flexibility index (Phi) is 2.92. The van der Waals surface area contributed by atoms with Gasteiger partial charge in [-0.1, -0.05) is 26.0 Å². The molecule has 0 aromatic rings. The first-order chi connectivity index (χ1) is 5.22. The molecule has 1 aliphatic rings. The van der Waals surface area contributed by atoms with Crippen LogP contribution in [0, 0.1) is 5.92 Å². The van der Waals surface area contributed by atoms with Crippen molar-refractivity contribution in [1.82, 2.24) is 0 Å². The quantitative estimate of drug-likeness (QED) is 0.502. The molecule has 0 saturated heterocycles. The fourth-order valence-corrected chi connectivity index (χ4v) is 1.34. The molecule has 0 bridgehead atoms. The number of hydrogen-bond donors (Lipinski definition) is 0. The van der Waals surface area contributed by atoms with Crippen LogP contribution in [0.2, 0.25) is 0 Å². The molecule has 2 heteroatoms. The predicted molar refractivity (Wildman–Crippen MR) is 50.2 cm³/mol. The fraction of sp³-hybridized carbons (Fsp3) is 0.667. The highest BCUT2D eigenvalue weighted by Crippen LogP contribution is 2.16. The summed E-state index contributed by atoms with van der Waals surface area (Å²) in [5.41, 5.74) is 0.682. The lowest BCUT2D eigenvalue weighted by Crippen LogP contribution is -2.07. The van der Waals surface area contributed by atoms with Crippen LogP contribution in [0.5, 0.6) is 0 Å². The van der Waals surface area contributed by atoms with Gasteiger partial charge in [0.05, 0.1) is 0 Å². The third-order valence-electron chi connectivity index (χ3n) is 2.04. The summed E-state index contributed by atoms with van der Waals surface area (Å²) in [6, 6.07) is 0.431. The van der Waals surface area contributed by atoms with Crippen LogP contribution in [0.15, 0.2) is 17.1 Å². The fourth-order valence-electron chi connectivity index (χ4n) is 1.34. The number of nitrogens with zero attached hydrogens (tertiary/aromatic N) is 1. The molecule has 0 aromatic heterocycles. The minimum absolute atomic E-state index is 0.431. The van der Waals surface area contributed by atoms with Gasteiger partial charge in [-0.3, -0.25) is 4.99 Å². The van der Waals surface area contributed by atoms with Crippen molar-refractivity contribution in [1.29, 1.82) is 0 Å². The molecule has 2 unspecified atom stereocenters. The van der Waals surface area contributed by atoms with E-state index in [-0.39, 0.29) is 0 Å². The Labute approximate surface area is 70.0 Å². The van der Waals surface area contributed by atoms with E-state index in [4.69, 9.17) is 7.85 Å². The van der Waals surface area contributed by atoms with Crippen LogP contribution in [0.1, 0.15) is 26.7 Å². The Morgan fingerprint density at radius 1 is 1.73 bits per heavy atom. The third kappa shape index (κ3) is 2.53. The normalized spacial score (nSPS) is 31.3. The lowest BCUT2D eigenvalue weighted by Gasteiger charge is -2.10. The largest absolute Gasteiger partial charge is 0.298 e. The van der Waals surface area contributed by atoms with E-state index in [1.165, 1.54) is 0 Å². The molecule has 0 amide bonds. The van der Waals surface area contributed by atoms with Crippen LogP contribution in [-0.4, -0.2) is 19.5 Å². The maximum atomic E-state index is 5.63. The van der Waals surface area contributed by atoms with Crippen molar-refractivity contribution in [3.8, 4) is 0 Å². The molecular formula is C9H14BN. The second-order valence-corrected chi connectivity index (χ2v) is 3.19. The second-order valence-electron chi connectivity index (χ2n) is 3.19. The van der Waals surface area contributed by atoms with Crippen LogP contribution in [0.25, 0.3) is 0 Å². The van der Waals surface area contributed by atoms with Gasteiger partial charge in [-0.2, -0.15) is 0 Å². The smallest absolute Gasteiger partial charge is 0.141 e. The predicted octanol–water partition coefficient (Wildman–Crippen LogP) is 1.93. The Balaban J connectivity index is 2.66. The van der Waals surface area contributed by atoms with Gasteiger partial charge >= 0.3 is 0 Å². The van der Waals surface area contributed by atoms with Gasteiger partial charge in [0.2, 0.25) is 0 Å². The number of hydrogen-bond acceptors (Lipinski definition) is 1. The average molecular weight is 147 g/mol. The Hall–Kier alpha value is -0.525. The maximum Gasteiger partial charge on any atom is 0.141 e. The minimum Gasteiger partial charge on any atom is -0.298 e. The van der Waals surface area contributed by atoms with E-state index in [1.54, 1.807) is 0 Å². The SMILES string of the molecule is [B]C1=NC(CC)CC(C)C=C1. The molecule has 0 spiro atoms. The zero-order valence-corrected chi connectivity index (χ0v) is 7.25. The van der Waals surface area contributed by atoms with Crippen LogP contribution in [0.4, 0.5) is 0 Å². The summed E-state index contributed by atoms with van der Waals surface area (Å²) >= 11 is 0. The van der Waals surface area contributed by atoms with Gasteiger partial charge in [0.25, 0.3) is 0 Å². The highest BCUT2D eigenvalue weighted by atomic mass is 14.8. The van der Waals surface area contributed by atoms with E-state index >= 15 is 0 Å². The minimum atomic E-state index is 0.431. The Bertz CT molecular complexity index is 184. The summed E-state index contributed by atoms with van der Waals surface area (Å²) in [6.07, 6.45) is 6.27. The van der Waals surface area contributed by atoms with Crippen molar-refractivity contribution in [2.45, 2.75) is 32.7 Å². The first-order valence-corrected chi connectivity index (χ1v) is 4.24. The molecule has 0 aromatic carbocycles. The molecule has 1 rings (SSSR count). The van der Waals surface area contributed by atoms with Gasteiger partial charge in [0.1, 0.15) is 7.85 Å². The highest BCUT2D eigenvalue weighted by Gasteiger charge is 2.10. The van der Waals surface area contributed by atoms with E-state index < -0.39 is 0 Å². The molecule has 0 aliphatic carbocycles. The zero-order chi connectivity index (χ0) is 8.27. The van der Waals surface area contributed by atoms with Crippen molar-refractivity contribution < 1.29 is 0 Å². The van der Waals surface area contributed by atoms with Crippen molar-refractivity contribution in [2.24, 2.45) is 10.9 Å². The molecule has 0 N–H and O–H groups in total. The van der Waals surface area contributed by atoms with Gasteiger partial charge < -0.3 is 0 Å². The first kappa shape index (κ1) is 8.57. The molecule has 1 nitrogen and oxygen atoms in total. The van der Waals surface area contributed by atoms with E-state index in [1.807, 2.05) is 6.08 Å². The van der Waals surface area contributed by atoms with E-state index in [9.17, 15) is 0 Å². The second kappa shape index (κ2) is 3.75. The number of allylic oxidation sites excluding steroid dienone is 2. The summed E-state index contributed by atoms with van der Waals surface area (Å²) < 4.78 is 0. The summed E-state index contributed by atoms with van der Waals surface area (Å²) in [4.78, 5) is 4.35. The molecule has 11 heavy (non-hydrogen) atoms. The standard InChI is InChI=1S/C9H14BN/c1-3-8-6-7(2)4-5-9(10)11-8/h4-5,7-8H,3,6H2,1-2H3. The highest BCUT2D eigenvalue weighted by molar-refractivity contribution is 6.63. The summed E-state index contributed by atoms with van der Waals surface area (Å²) in [5.74, 6) is 0.616. The number of aliphatic imine (C=N–C) groups is 1. The van der Waals surface area contributed by atoms with Crippen molar-refractivity contribution in [2.75, 3.05) is 0 Å². The van der Waals surface area contributed by atoms with E-state index in [2.05, 4.69) is 24.9 Å². The zero-order valence-electron chi connectivity index (χ0n) is 7.25. The molecule has 58 valence electrons.